The van der Waals surface area contributed by atoms with Gasteiger partial charge in [0.1, 0.15) is 5.75 Å². The molecule has 2 heterocycles. The van der Waals surface area contributed by atoms with Crippen molar-refractivity contribution in [2.24, 2.45) is 0 Å². The number of ether oxygens (including phenoxy) is 1. The summed E-state index contributed by atoms with van der Waals surface area (Å²) in [4.78, 5) is 4.43. The second-order valence-electron chi connectivity index (χ2n) is 6.68. The van der Waals surface area contributed by atoms with Gasteiger partial charge < -0.3 is 14.0 Å². The minimum absolute atomic E-state index is 0.333. The highest BCUT2D eigenvalue weighted by atomic mass is 16.7. The summed E-state index contributed by atoms with van der Waals surface area (Å²) >= 11 is 0. The molecule has 0 spiro atoms. The molecule has 4 nitrogen and oxygen atoms in total. The maximum absolute atomic E-state index is 5.98. The number of hydrogen-bond donors (Lipinski definition) is 0. The van der Waals surface area contributed by atoms with Crippen molar-refractivity contribution in [2.75, 3.05) is 0 Å². The Morgan fingerprint density at radius 3 is 2.25 bits per heavy atom. The van der Waals surface area contributed by atoms with Gasteiger partial charge in [-0.3, -0.25) is 4.98 Å². The van der Waals surface area contributed by atoms with E-state index >= 15 is 0 Å². The first-order chi connectivity index (χ1) is 9.37. The highest BCUT2D eigenvalue weighted by Gasteiger charge is 2.52. The monoisotopic (exact) mass is 275 g/mol. The molecule has 0 bridgehead atoms. The summed E-state index contributed by atoms with van der Waals surface area (Å²) in [6, 6.07) is 3.88. The van der Waals surface area contributed by atoms with Crippen LogP contribution in [-0.2, 0) is 9.31 Å². The Bertz CT molecular complexity index is 466. The van der Waals surface area contributed by atoms with Crippen molar-refractivity contribution in [3.8, 4) is 5.75 Å². The molecule has 0 radical (unpaired) electrons. The molecular weight excluding hydrogens is 253 g/mol. The zero-order valence-corrected chi connectivity index (χ0v) is 12.7. The fraction of sp³-hybridized carbons (Fsp3) is 0.667. The van der Waals surface area contributed by atoms with Gasteiger partial charge >= 0.3 is 7.12 Å². The van der Waals surface area contributed by atoms with Crippen LogP contribution in [0.15, 0.2) is 18.3 Å². The molecule has 0 aromatic carbocycles. The van der Waals surface area contributed by atoms with Gasteiger partial charge in [-0.2, -0.15) is 0 Å². The molecule has 108 valence electrons. The van der Waals surface area contributed by atoms with E-state index < -0.39 is 7.12 Å². The summed E-state index contributed by atoms with van der Waals surface area (Å²) in [5, 5.41) is 0. The largest absolute Gasteiger partial charge is 0.514 e. The number of pyridine rings is 1. The lowest BCUT2D eigenvalue weighted by atomic mass is 9.84. The second kappa shape index (κ2) is 4.74. The standard InChI is InChI=1S/C15H22BNO3/c1-14(2)15(3,4)20-16(19-14)13-9-8-12(10-17-13)18-11-6-5-7-11/h8-11H,5-7H2,1-4H3. The Balaban J connectivity index is 1.69. The first-order valence-corrected chi connectivity index (χ1v) is 7.36. The number of hydrogen-bond acceptors (Lipinski definition) is 4. The predicted molar refractivity (Wildman–Crippen MR) is 78.2 cm³/mol. The van der Waals surface area contributed by atoms with Crippen LogP contribution in [0.1, 0.15) is 47.0 Å². The molecule has 0 N–H and O–H groups in total. The first kappa shape index (κ1) is 13.9. The van der Waals surface area contributed by atoms with E-state index in [2.05, 4.69) is 4.98 Å². The minimum atomic E-state index is -0.405. The van der Waals surface area contributed by atoms with Crippen molar-refractivity contribution in [3.63, 3.8) is 0 Å². The summed E-state index contributed by atoms with van der Waals surface area (Å²) in [5.74, 6) is 0.829. The Hall–Kier alpha value is -1.07. The van der Waals surface area contributed by atoms with Gasteiger partial charge in [-0.15, -0.1) is 0 Å². The van der Waals surface area contributed by atoms with Crippen molar-refractivity contribution in [1.82, 2.24) is 4.98 Å². The average Bonchev–Trinajstić information content (AvgIpc) is 2.54. The third-order valence-corrected chi connectivity index (χ3v) is 4.61. The third kappa shape index (κ3) is 2.45. The fourth-order valence-electron chi connectivity index (χ4n) is 2.25. The van der Waals surface area contributed by atoms with Crippen LogP contribution in [0.5, 0.6) is 5.75 Å². The van der Waals surface area contributed by atoms with Crippen molar-refractivity contribution >= 4 is 12.7 Å². The summed E-state index contributed by atoms with van der Waals surface area (Å²) in [5.41, 5.74) is 0.130. The lowest BCUT2D eigenvalue weighted by Crippen LogP contribution is -2.41. The molecule has 0 atom stereocenters. The van der Waals surface area contributed by atoms with E-state index in [-0.39, 0.29) is 11.2 Å². The Morgan fingerprint density at radius 1 is 1.15 bits per heavy atom. The molecule has 5 heteroatoms. The zero-order chi connectivity index (χ0) is 14.4. The second-order valence-corrected chi connectivity index (χ2v) is 6.68. The summed E-state index contributed by atoms with van der Waals surface area (Å²) in [6.07, 6.45) is 5.71. The molecule has 1 saturated heterocycles. The predicted octanol–water partition coefficient (Wildman–Crippen LogP) is 2.31. The van der Waals surface area contributed by atoms with E-state index in [0.717, 1.165) is 24.2 Å². The topological polar surface area (TPSA) is 40.6 Å². The molecule has 1 aliphatic heterocycles. The van der Waals surface area contributed by atoms with Crippen LogP contribution in [0.25, 0.3) is 0 Å². The van der Waals surface area contributed by atoms with Crippen LogP contribution in [-0.4, -0.2) is 29.4 Å². The summed E-state index contributed by atoms with van der Waals surface area (Å²) in [7, 11) is -0.405. The van der Waals surface area contributed by atoms with Crippen molar-refractivity contribution in [2.45, 2.75) is 64.3 Å². The fourth-order valence-corrected chi connectivity index (χ4v) is 2.25. The number of nitrogens with zero attached hydrogens (tertiary/aromatic N) is 1. The average molecular weight is 275 g/mol. The SMILES string of the molecule is CC1(C)OB(c2ccc(OC3CCC3)cn2)OC1(C)C. The number of rotatable bonds is 3. The van der Waals surface area contributed by atoms with Gasteiger partial charge in [-0.1, -0.05) is 0 Å². The molecule has 3 rings (SSSR count). The van der Waals surface area contributed by atoms with E-state index in [9.17, 15) is 0 Å². The molecule has 2 aliphatic rings. The van der Waals surface area contributed by atoms with Crippen molar-refractivity contribution in [3.05, 3.63) is 18.3 Å². The van der Waals surface area contributed by atoms with Crippen LogP contribution in [0.4, 0.5) is 0 Å². The van der Waals surface area contributed by atoms with E-state index in [1.165, 1.54) is 6.42 Å². The zero-order valence-electron chi connectivity index (χ0n) is 12.7. The Morgan fingerprint density at radius 2 is 1.80 bits per heavy atom. The van der Waals surface area contributed by atoms with E-state index in [0.29, 0.717) is 6.10 Å². The molecule has 2 fully saturated rings. The van der Waals surface area contributed by atoms with Gasteiger partial charge in [-0.25, -0.2) is 0 Å². The third-order valence-electron chi connectivity index (χ3n) is 4.61. The van der Waals surface area contributed by atoms with Crippen LogP contribution >= 0.6 is 0 Å². The van der Waals surface area contributed by atoms with E-state index in [1.807, 2.05) is 39.8 Å². The lowest BCUT2D eigenvalue weighted by Gasteiger charge is -2.32. The first-order valence-electron chi connectivity index (χ1n) is 7.36. The Kier molecular flexibility index (Phi) is 3.29. The van der Waals surface area contributed by atoms with Crippen molar-refractivity contribution in [1.29, 1.82) is 0 Å². The summed E-state index contributed by atoms with van der Waals surface area (Å²) in [6.45, 7) is 8.17. The van der Waals surface area contributed by atoms with Crippen LogP contribution < -0.4 is 10.3 Å². The minimum Gasteiger partial charge on any atom is -0.489 e. The van der Waals surface area contributed by atoms with Gasteiger partial charge in [0, 0.05) is 0 Å². The maximum atomic E-state index is 5.98. The molecule has 1 aliphatic carbocycles. The van der Waals surface area contributed by atoms with Crippen molar-refractivity contribution < 1.29 is 14.0 Å². The molecule has 0 amide bonds. The van der Waals surface area contributed by atoms with E-state index in [1.54, 1.807) is 6.20 Å². The number of aromatic nitrogens is 1. The quantitative estimate of drug-likeness (QED) is 0.794. The van der Waals surface area contributed by atoms with Gasteiger partial charge in [0.05, 0.1) is 29.1 Å². The summed E-state index contributed by atoms with van der Waals surface area (Å²) < 4.78 is 17.8. The maximum Gasteiger partial charge on any atom is 0.514 e. The normalized spacial score (nSPS) is 24.5. The molecule has 1 aromatic heterocycles. The van der Waals surface area contributed by atoms with Crippen LogP contribution in [0, 0.1) is 0 Å². The lowest BCUT2D eigenvalue weighted by molar-refractivity contribution is 0.00578. The molecule has 20 heavy (non-hydrogen) atoms. The molecule has 0 unspecified atom stereocenters. The van der Waals surface area contributed by atoms with Gasteiger partial charge in [-0.05, 0) is 59.1 Å². The smallest absolute Gasteiger partial charge is 0.489 e. The molecule has 1 saturated carbocycles. The Labute approximate surface area is 121 Å². The van der Waals surface area contributed by atoms with E-state index in [4.69, 9.17) is 14.0 Å². The molecular formula is C15H22BNO3. The highest BCUT2D eigenvalue weighted by molar-refractivity contribution is 6.61. The van der Waals surface area contributed by atoms with Gasteiger partial charge in [0.2, 0.25) is 0 Å². The van der Waals surface area contributed by atoms with Crippen LogP contribution in [0.2, 0.25) is 0 Å². The molecule has 1 aromatic rings. The van der Waals surface area contributed by atoms with Gasteiger partial charge in [0.15, 0.2) is 0 Å². The van der Waals surface area contributed by atoms with Gasteiger partial charge in [0.25, 0.3) is 0 Å². The van der Waals surface area contributed by atoms with Crippen LogP contribution in [0.3, 0.4) is 0 Å². The highest BCUT2D eigenvalue weighted by Crippen LogP contribution is 2.36.